The number of furan rings is 2. The zero-order valence-corrected chi connectivity index (χ0v) is 25.1. The van der Waals surface area contributed by atoms with Gasteiger partial charge in [-0.05, 0) is 75.5 Å². The third kappa shape index (κ3) is 3.50. The summed E-state index contributed by atoms with van der Waals surface area (Å²) < 4.78 is 14.7. The highest BCUT2D eigenvalue weighted by molar-refractivity contribution is 6.25. The third-order valence-electron chi connectivity index (χ3n) is 9.78. The van der Waals surface area contributed by atoms with E-state index in [1.54, 1.807) is 0 Å². The summed E-state index contributed by atoms with van der Waals surface area (Å²) in [5.74, 6) is 0. The molecule has 0 spiro atoms. The van der Waals surface area contributed by atoms with Crippen LogP contribution in [0, 0.1) is 0 Å². The first-order valence-electron chi connectivity index (χ1n) is 15.9. The fourth-order valence-corrected chi connectivity index (χ4v) is 7.56. The van der Waals surface area contributed by atoms with E-state index in [-0.39, 0.29) is 0 Å². The van der Waals surface area contributed by atoms with Crippen molar-refractivity contribution in [1.82, 2.24) is 9.38 Å². The Labute approximate surface area is 267 Å². The van der Waals surface area contributed by atoms with Crippen LogP contribution in [0.5, 0.6) is 0 Å². The summed E-state index contributed by atoms with van der Waals surface area (Å²) in [6.07, 6.45) is 2.10. The number of rotatable bonds is 2. The van der Waals surface area contributed by atoms with E-state index in [0.717, 1.165) is 82.5 Å². The van der Waals surface area contributed by atoms with Crippen molar-refractivity contribution >= 4 is 82.1 Å². The zero-order valence-electron chi connectivity index (χ0n) is 25.1. The second kappa shape index (κ2) is 9.09. The van der Waals surface area contributed by atoms with E-state index in [0.29, 0.717) is 0 Å². The molecule has 4 nitrogen and oxygen atoms in total. The maximum Gasteiger partial charge on any atom is 0.152 e. The van der Waals surface area contributed by atoms with Crippen LogP contribution < -0.4 is 0 Å². The van der Waals surface area contributed by atoms with Gasteiger partial charge in [0.05, 0.1) is 17.2 Å². The number of benzene rings is 7. The van der Waals surface area contributed by atoms with Gasteiger partial charge in [0.25, 0.3) is 0 Å². The van der Waals surface area contributed by atoms with Crippen molar-refractivity contribution in [2.24, 2.45) is 0 Å². The zero-order chi connectivity index (χ0) is 30.6. The molecule has 0 fully saturated rings. The van der Waals surface area contributed by atoms with Crippen molar-refractivity contribution in [1.29, 1.82) is 0 Å². The number of nitrogens with zero attached hydrogens (tertiary/aromatic N) is 2. The third-order valence-corrected chi connectivity index (χ3v) is 9.78. The van der Waals surface area contributed by atoms with Crippen molar-refractivity contribution in [3.05, 3.63) is 146 Å². The molecule has 4 heteroatoms. The number of hydrogen-bond donors (Lipinski definition) is 0. The van der Waals surface area contributed by atoms with Gasteiger partial charge in [0.15, 0.2) is 5.58 Å². The van der Waals surface area contributed by atoms with Crippen molar-refractivity contribution in [2.45, 2.75) is 0 Å². The Hall–Kier alpha value is -6.39. The number of fused-ring (bicyclic) bond motifs is 14. The average molecular weight is 601 g/mol. The van der Waals surface area contributed by atoms with Crippen molar-refractivity contribution in [2.75, 3.05) is 0 Å². The van der Waals surface area contributed by atoms with E-state index in [1.807, 2.05) is 24.3 Å². The van der Waals surface area contributed by atoms with Crippen LogP contribution in [0.4, 0.5) is 0 Å². The average Bonchev–Trinajstić information content (AvgIpc) is 3.81. The lowest BCUT2D eigenvalue weighted by atomic mass is 9.94. The predicted octanol–water partition coefficient (Wildman–Crippen LogP) is 11.9. The summed E-state index contributed by atoms with van der Waals surface area (Å²) in [6, 6.07) is 49.3. The molecule has 0 radical (unpaired) electrons. The van der Waals surface area contributed by atoms with Gasteiger partial charge in [-0.2, -0.15) is 0 Å². The van der Waals surface area contributed by atoms with Crippen molar-refractivity contribution < 1.29 is 8.83 Å². The summed E-state index contributed by atoms with van der Waals surface area (Å²) in [6.45, 7) is 0. The number of imidazole rings is 1. The topological polar surface area (TPSA) is 43.6 Å². The maximum absolute atomic E-state index is 6.29. The van der Waals surface area contributed by atoms with Crippen LogP contribution in [0.2, 0.25) is 0 Å². The van der Waals surface area contributed by atoms with E-state index in [1.165, 1.54) is 21.9 Å². The molecule has 47 heavy (non-hydrogen) atoms. The fraction of sp³-hybridized carbons (Fsp3) is 0. The summed E-state index contributed by atoms with van der Waals surface area (Å²) in [4.78, 5) is 5.20. The highest BCUT2D eigenvalue weighted by Crippen LogP contribution is 2.40. The largest absolute Gasteiger partial charge is 0.456 e. The first-order valence-corrected chi connectivity index (χ1v) is 15.9. The minimum atomic E-state index is 0.855. The molecule has 0 aliphatic heterocycles. The van der Waals surface area contributed by atoms with E-state index >= 15 is 0 Å². The molecule has 0 saturated heterocycles. The van der Waals surface area contributed by atoms with Crippen LogP contribution in [-0.2, 0) is 0 Å². The molecule has 0 N–H and O–H groups in total. The highest BCUT2D eigenvalue weighted by Gasteiger charge is 2.18. The molecule has 0 aliphatic rings. The van der Waals surface area contributed by atoms with Gasteiger partial charge in [-0.1, -0.05) is 97.1 Å². The van der Waals surface area contributed by atoms with Crippen molar-refractivity contribution in [3.8, 4) is 22.3 Å². The quantitative estimate of drug-likeness (QED) is 0.185. The smallest absolute Gasteiger partial charge is 0.152 e. The Balaban J connectivity index is 1.11. The standard InChI is InChI=1S/C43H24N2O2/c1-2-13-33-29(10-1)35-21-27(25-8-7-9-26(20-25)28-16-18-32-30-11-3-5-14-37(30)46-39(32)22-28)17-19-34(35)43-42(33)44-41-23-36-31-12-4-6-15-38(31)47-40(36)24-45(41)43/h1-24H. The monoisotopic (exact) mass is 600 g/mol. The summed E-state index contributed by atoms with van der Waals surface area (Å²) in [5.41, 5.74) is 11.2. The summed E-state index contributed by atoms with van der Waals surface area (Å²) >= 11 is 0. The van der Waals surface area contributed by atoms with Crippen LogP contribution in [0.15, 0.2) is 155 Å². The van der Waals surface area contributed by atoms with Gasteiger partial charge >= 0.3 is 0 Å². The number of hydrogen-bond acceptors (Lipinski definition) is 3. The minimum Gasteiger partial charge on any atom is -0.456 e. The molecule has 0 saturated carbocycles. The molecule has 0 atom stereocenters. The van der Waals surface area contributed by atoms with Crippen LogP contribution in [0.1, 0.15) is 0 Å². The van der Waals surface area contributed by atoms with Crippen LogP contribution in [0.25, 0.3) is 104 Å². The van der Waals surface area contributed by atoms with E-state index < -0.39 is 0 Å². The first kappa shape index (κ1) is 24.9. The molecule has 4 aromatic heterocycles. The lowest BCUT2D eigenvalue weighted by Gasteiger charge is -2.11. The molecular formula is C43H24N2O2. The summed E-state index contributed by atoms with van der Waals surface area (Å²) in [5, 5.41) is 9.18. The Bertz CT molecular complexity index is 3080. The normalized spacial score (nSPS) is 12.3. The molecule has 0 bridgehead atoms. The lowest BCUT2D eigenvalue weighted by Crippen LogP contribution is -1.88. The number of para-hydroxylation sites is 2. The lowest BCUT2D eigenvalue weighted by molar-refractivity contribution is 0.666. The molecule has 0 amide bonds. The van der Waals surface area contributed by atoms with Crippen LogP contribution in [0.3, 0.4) is 0 Å². The molecule has 11 rings (SSSR count). The van der Waals surface area contributed by atoms with Gasteiger partial charge in [0, 0.05) is 32.3 Å². The highest BCUT2D eigenvalue weighted by atomic mass is 16.3. The van der Waals surface area contributed by atoms with Gasteiger partial charge in [-0.25, -0.2) is 4.98 Å². The van der Waals surface area contributed by atoms with Gasteiger partial charge in [-0.3, -0.25) is 4.40 Å². The fourth-order valence-electron chi connectivity index (χ4n) is 7.56. The first-order chi connectivity index (χ1) is 23.3. The minimum absolute atomic E-state index is 0.855. The van der Waals surface area contributed by atoms with Crippen LogP contribution >= 0.6 is 0 Å². The second-order valence-electron chi connectivity index (χ2n) is 12.4. The van der Waals surface area contributed by atoms with Gasteiger partial charge in [-0.15, -0.1) is 0 Å². The Morgan fingerprint density at radius 3 is 1.77 bits per heavy atom. The van der Waals surface area contributed by atoms with E-state index in [9.17, 15) is 0 Å². The van der Waals surface area contributed by atoms with Gasteiger partial charge in [0.1, 0.15) is 22.4 Å². The molecule has 7 aromatic carbocycles. The SMILES string of the molecule is c1cc(-c2ccc3c(c2)oc2ccccc23)cc(-c2ccc3c(c2)c2ccccc2c2nc4cc5c(cn4c32)oc2ccccc25)c1. The molecule has 4 heterocycles. The Kier molecular flexibility index (Phi) is 4.81. The molecule has 218 valence electrons. The molecule has 11 aromatic rings. The molecule has 0 unspecified atom stereocenters. The van der Waals surface area contributed by atoms with E-state index in [4.69, 9.17) is 13.8 Å². The van der Waals surface area contributed by atoms with Crippen LogP contribution in [-0.4, -0.2) is 9.38 Å². The van der Waals surface area contributed by atoms with Gasteiger partial charge < -0.3 is 8.83 Å². The number of pyridine rings is 1. The second-order valence-corrected chi connectivity index (χ2v) is 12.4. The predicted molar refractivity (Wildman–Crippen MR) is 193 cm³/mol. The number of aromatic nitrogens is 2. The molecule has 0 aliphatic carbocycles. The Morgan fingerprint density at radius 1 is 0.383 bits per heavy atom. The molecular weight excluding hydrogens is 576 g/mol. The van der Waals surface area contributed by atoms with E-state index in [2.05, 4.69) is 126 Å². The van der Waals surface area contributed by atoms with Gasteiger partial charge in [0.2, 0.25) is 0 Å². The van der Waals surface area contributed by atoms with Crippen molar-refractivity contribution in [3.63, 3.8) is 0 Å². The summed E-state index contributed by atoms with van der Waals surface area (Å²) in [7, 11) is 0. The maximum atomic E-state index is 6.29. The Morgan fingerprint density at radius 2 is 0.979 bits per heavy atom.